The van der Waals surface area contributed by atoms with Crippen LogP contribution >= 0.6 is 11.6 Å². The Balaban J connectivity index is 1.96. The first kappa shape index (κ1) is 14.8. The molecule has 0 atom stereocenters. The van der Waals surface area contributed by atoms with Gasteiger partial charge in [-0.1, -0.05) is 11.6 Å². The van der Waals surface area contributed by atoms with E-state index >= 15 is 0 Å². The normalized spacial score (nSPS) is 16.1. The highest BCUT2D eigenvalue weighted by Gasteiger charge is 2.23. The topological polar surface area (TPSA) is 62.3 Å². The summed E-state index contributed by atoms with van der Waals surface area (Å²) in [6.07, 6.45) is 3.16. The van der Waals surface area contributed by atoms with Crippen molar-refractivity contribution in [3.05, 3.63) is 28.5 Å². The zero-order chi connectivity index (χ0) is 14.7. The van der Waals surface area contributed by atoms with E-state index in [0.717, 1.165) is 18.4 Å². The Hall–Kier alpha value is -1.62. The van der Waals surface area contributed by atoms with Crippen LogP contribution in [-0.4, -0.2) is 40.8 Å². The number of hydrogen-bond acceptors (Lipinski definition) is 3. The summed E-state index contributed by atoms with van der Waals surface area (Å²) >= 11 is 5.95. The number of pyridine rings is 1. The summed E-state index contributed by atoms with van der Waals surface area (Å²) in [4.78, 5) is 29.2. The molecule has 0 aromatic carbocycles. The van der Waals surface area contributed by atoms with E-state index in [0.29, 0.717) is 18.7 Å². The van der Waals surface area contributed by atoms with Crippen molar-refractivity contribution < 1.29 is 9.59 Å². The van der Waals surface area contributed by atoms with Gasteiger partial charge in [-0.15, -0.1) is 0 Å². The van der Waals surface area contributed by atoms with Crippen molar-refractivity contribution in [1.29, 1.82) is 0 Å². The maximum Gasteiger partial charge on any atom is 0.254 e. The van der Waals surface area contributed by atoms with Gasteiger partial charge in [0.1, 0.15) is 5.15 Å². The third-order valence-corrected chi connectivity index (χ3v) is 3.80. The number of likely N-dealkylation sites (tertiary alicyclic amines) is 1. The molecule has 0 radical (unpaired) electrons. The van der Waals surface area contributed by atoms with E-state index in [1.54, 1.807) is 24.1 Å². The number of hydrogen-bond donors (Lipinski definition) is 1. The summed E-state index contributed by atoms with van der Waals surface area (Å²) in [7, 11) is 0. The van der Waals surface area contributed by atoms with Crippen molar-refractivity contribution >= 4 is 23.4 Å². The highest BCUT2D eigenvalue weighted by atomic mass is 35.5. The van der Waals surface area contributed by atoms with Crippen LogP contribution in [0.25, 0.3) is 0 Å². The highest BCUT2D eigenvalue weighted by molar-refractivity contribution is 6.32. The van der Waals surface area contributed by atoms with Gasteiger partial charge in [-0.05, 0) is 31.4 Å². The fourth-order valence-corrected chi connectivity index (χ4v) is 2.50. The van der Waals surface area contributed by atoms with Crippen molar-refractivity contribution in [1.82, 2.24) is 15.2 Å². The Kier molecular flexibility index (Phi) is 4.60. The van der Waals surface area contributed by atoms with Crippen LogP contribution in [0.15, 0.2) is 12.3 Å². The zero-order valence-corrected chi connectivity index (χ0v) is 12.4. The zero-order valence-electron chi connectivity index (χ0n) is 11.6. The third-order valence-electron chi connectivity index (χ3n) is 3.50. The summed E-state index contributed by atoms with van der Waals surface area (Å²) in [6.45, 7) is 4.79. The summed E-state index contributed by atoms with van der Waals surface area (Å²) in [5.41, 5.74) is 1.30. The van der Waals surface area contributed by atoms with Gasteiger partial charge in [0, 0.05) is 32.3 Å². The summed E-state index contributed by atoms with van der Waals surface area (Å²) in [5, 5.41) is 3.18. The second-order valence-corrected chi connectivity index (χ2v) is 5.46. The number of nitrogens with zero attached hydrogens (tertiary/aromatic N) is 2. The van der Waals surface area contributed by atoms with E-state index in [-0.39, 0.29) is 23.0 Å². The molecular formula is C14H18ClN3O2. The van der Waals surface area contributed by atoms with E-state index in [2.05, 4.69) is 10.3 Å². The van der Waals surface area contributed by atoms with Gasteiger partial charge < -0.3 is 10.2 Å². The minimum Gasteiger partial charge on any atom is -0.349 e. The Bertz CT molecular complexity index is 525. The van der Waals surface area contributed by atoms with Crippen LogP contribution in [0.4, 0.5) is 0 Å². The molecule has 20 heavy (non-hydrogen) atoms. The van der Waals surface area contributed by atoms with Crippen LogP contribution in [0.2, 0.25) is 5.15 Å². The molecule has 1 aliphatic rings. The average Bonchev–Trinajstić information content (AvgIpc) is 2.42. The minimum atomic E-state index is -0.201. The largest absolute Gasteiger partial charge is 0.349 e. The number of rotatable bonds is 2. The van der Waals surface area contributed by atoms with E-state index in [1.807, 2.05) is 6.92 Å². The summed E-state index contributed by atoms with van der Waals surface area (Å²) in [6, 6.07) is 1.81. The van der Waals surface area contributed by atoms with Gasteiger partial charge in [0.15, 0.2) is 0 Å². The van der Waals surface area contributed by atoms with E-state index in [1.165, 1.54) is 0 Å². The molecular weight excluding hydrogens is 278 g/mol. The molecule has 108 valence electrons. The van der Waals surface area contributed by atoms with Crippen molar-refractivity contribution in [3.63, 3.8) is 0 Å². The second-order valence-electron chi connectivity index (χ2n) is 5.10. The van der Waals surface area contributed by atoms with Crippen LogP contribution < -0.4 is 5.32 Å². The Labute approximate surface area is 123 Å². The summed E-state index contributed by atoms with van der Waals surface area (Å²) in [5.74, 6) is -0.117. The smallest absolute Gasteiger partial charge is 0.254 e. The molecule has 1 saturated heterocycles. The van der Waals surface area contributed by atoms with Crippen LogP contribution in [0, 0.1) is 6.92 Å². The SMILES string of the molecule is CC(=O)N1CCC(NC(=O)c2cc(C)cnc2Cl)CC1. The van der Waals surface area contributed by atoms with Gasteiger partial charge in [0.25, 0.3) is 5.91 Å². The van der Waals surface area contributed by atoms with Gasteiger partial charge in [-0.3, -0.25) is 9.59 Å². The lowest BCUT2D eigenvalue weighted by Gasteiger charge is -2.31. The number of aromatic nitrogens is 1. The predicted octanol–water partition coefficient (Wildman–Crippen LogP) is 1.78. The molecule has 2 rings (SSSR count). The lowest BCUT2D eigenvalue weighted by Crippen LogP contribution is -2.46. The molecule has 1 aliphatic heterocycles. The van der Waals surface area contributed by atoms with Gasteiger partial charge in [0.05, 0.1) is 5.56 Å². The highest BCUT2D eigenvalue weighted by Crippen LogP contribution is 2.16. The first-order chi connectivity index (χ1) is 9.47. The quantitative estimate of drug-likeness (QED) is 0.846. The molecule has 0 saturated carbocycles. The van der Waals surface area contributed by atoms with Crippen molar-refractivity contribution in [2.75, 3.05) is 13.1 Å². The van der Waals surface area contributed by atoms with E-state index < -0.39 is 0 Å². The molecule has 1 fully saturated rings. The number of halogens is 1. The Morgan fingerprint density at radius 3 is 2.65 bits per heavy atom. The van der Waals surface area contributed by atoms with Gasteiger partial charge in [0.2, 0.25) is 5.91 Å². The number of carbonyl (C=O) groups is 2. The molecule has 2 amide bonds. The van der Waals surface area contributed by atoms with E-state index in [4.69, 9.17) is 11.6 Å². The number of piperidine rings is 1. The predicted molar refractivity (Wildman–Crippen MR) is 76.7 cm³/mol. The average molecular weight is 296 g/mol. The molecule has 0 spiro atoms. The first-order valence-corrected chi connectivity index (χ1v) is 7.03. The number of aryl methyl sites for hydroxylation is 1. The second kappa shape index (κ2) is 6.22. The van der Waals surface area contributed by atoms with Crippen LogP contribution in [-0.2, 0) is 4.79 Å². The number of amides is 2. The molecule has 1 aromatic heterocycles. The molecule has 0 aliphatic carbocycles. The molecule has 1 N–H and O–H groups in total. The number of carbonyl (C=O) groups excluding carboxylic acids is 2. The van der Waals surface area contributed by atoms with Gasteiger partial charge in [-0.2, -0.15) is 0 Å². The van der Waals surface area contributed by atoms with Crippen molar-refractivity contribution in [3.8, 4) is 0 Å². The van der Waals surface area contributed by atoms with Crippen molar-refractivity contribution in [2.45, 2.75) is 32.7 Å². The van der Waals surface area contributed by atoms with Crippen LogP contribution in [0.5, 0.6) is 0 Å². The molecule has 0 bridgehead atoms. The van der Waals surface area contributed by atoms with E-state index in [9.17, 15) is 9.59 Å². The fraction of sp³-hybridized carbons (Fsp3) is 0.500. The molecule has 1 aromatic rings. The molecule has 6 heteroatoms. The summed E-state index contributed by atoms with van der Waals surface area (Å²) < 4.78 is 0. The maximum absolute atomic E-state index is 12.2. The van der Waals surface area contributed by atoms with Crippen LogP contribution in [0.3, 0.4) is 0 Å². The lowest BCUT2D eigenvalue weighted by molar-refractivity contribution is -0.129. The standard InChI is InChI=1S/C14H18ClN3O2/c1-9-7-12(13(15)16-8-9)14(20)17-11-3-5-18(6-4-11)10(2)19/h7-8,11H,3-6H2,1-2H3,(H,17,20). The molecule has 2 heterocycles. The molecule has 0 unspecified atom stereocenters. The maximum atomic E-state index is 12.2. The first-order valence-electron chi connectivity index (χ1n) is 6.66. The monoisotopic (exact) mass is 295 g/mol. The third kappa shape index (κ3) is 3.48. The van der Waals surface area contributed by atoms with Gasteiger partial charge in [-0.25, -0.2) is 4.98 Å². The van der Waals surface area contributed by atoms with Gasteiger partial charge >= 0.3 is 0 Å². The fourth-order valence-electron chi connectivity index (χ4n) is 2.31. The minimum absolute atomic E-state index is 0.0784. The Morgan fingerprint density at radius 1 is 1.40 bits per heavy atom. The number of nitrogens with one attached hydrogen (secondary N) is 1. The molecule has 5 nitrogen and oxygen atoms in total. The Morgan fingerprint density at radius 2 is 2.05 bits per heavy atom. The van der Waals surface area contributed by atoms with Crippen LogP contribution in [0.1, 0.15) is 35.7 Å². The van der Waals surface area contributed by atoms with Crippen molar-refractivity contribution in [2.24, 2.45) is 0 Å². The lowest BCUT2D eigenvalue weighted by atomic mass is 10.0.